The van der Waals surface area contributed by atoms with Gasteiger partial charge in [-0.3, -0.25) is 4.99 Å². The maximum Gasteiger partial charge on any atom is 0.191 e. The first-order valence-corrected chi connectivity index (χ1v) is 8.72. The highest BCUT2D eigenvalue weighted by Crippen LogP contribution is 2.10. The molecule has 0 aliphatic rings. The van der Waals surface area contributed by atoms with Gasteiger partial charge in [-0.1, -0.05) is 27.7 Å². The van der Waals surface area contributed by atoms with Crippen molar-refractivity contribution in [1.82, 2.24) is 10.6 Å². The van der Waals surface area contributed by atoms with E-state index in [1.165, 1.54) is 0 Å². The summed E-state index contributed by atoms with van der Waals surface area (Å²) >= 11 is 0. The molecule has 5 nitrogen and oxygen atoms in total. The first-order chi connectivity index (χ1) is 10.5. The molecule has 0 saturated carbocycles. The summed E-state index contributed by atoms with van der Waals surface area (Å²) in [5, 5.41) is 6.56. The first kappa shape index (κ1) is 21.2. The van der Waals surface area contributed by atoms with E-state index in [-0.39, 0.29) is 6.10 Å². The Morgan fingerprint density at radius 1 is 1.09 bits per heavy atom. The van der Waals surface area contributed by atoms with Crippen LogP contribution in [-0.4, -0.2) is 51.5 Å². The number of hydrogen-bond acceptors (Lipinski definition) is 3. The Hall–Kier alpha value is -0.810. The molecule has 0 aromatic heterocycles. The average molecular weight is 316 g/mol. The second kappa shape index (κ2) is 13.8. The second-order valence-electron chi connectivity index (χ2n) is 6.18. The molecule has 0 fully saturated rings. The Morgan fingerprint density at radius 3 is 2.36 bits per heavy atom. The monoisotopic (exact) mass is 315 g/mol. The van der Waals surface area contributed by atoms with E-state index in [1.54, 1.807) is 0 Å². The molecule has 2 N–H and O–H groups in total. The zero-order valence-corrected chi connectivity index (χ0v) is 15.4. The third-order valence-corrected chi connectivity index (χ3v) is 3.14. The van der Waals surface area contributed by atoms with Gasteiger partial charge >= 0.3 is 0 Å². The van der Waals surface area contributed by atoms with E-state index in [0.717, 1.165) is 45.2 Å². The number of nitrogens with one attached hydrogen (secondary N) is 2. The fraction of sp³-hybridized carbons (Fsp3) is 0.941. The summed E-state index contributed by atoms with van der Waals surface area (Å²) in [5.74, 6) is 1.96. The van der Waals surface area contributed by atoms with E-state index in [0.29, 0.717) is 18.4 Å². The van der Waals surface area contributed by atoms with Crippen molar-refractivity contribution in [3.63, 3.8) is 0 Å². The number of aliphatic imine (C=N–C) groups is 1. The Bertz CT molecular complexity index is 281. The van der Waals surface area contributed by atoms with Gasteiger partial charge in [0.05, 0.1) is 12.7 Å². The number of ether oxygens (including phenoxy) is 2. The summed E-state index contributed by atoms with van der Waals surface area (Å²) in [7, 11) is 0. The lowest BCUT2D eigenvalue weighted by molar-refractivity contribution is 0.0266. The summed E-state index contributed by atoms with van der Waals surface area (Å²) < 4.78 is 11.3. The third kappa shape index (κ3) is 11.8. The molecule has 0 rings (SSSR count). The Labute approximate surface area is 137 Å². The van der Waals surface area contributed by atoms with Crippen LogP contribution >= 0.6 is 0 Å². The lowest BCUT2D eigenvalue weighted by atomic mass is 10.0. The fourth-order valence-corrected chi connectivity index (χ4v) is 2.03. The second-order valence-corrected chi connectivity index (χ2v) is 6.18. The van der Waals surface area contributed by atoms with Crippen molar-refractivity contribution in [1.29, 1.82) is 0 Å². The van der Waals surface area contributed by atoms with Crippen LogP contribution in [0.15, 0.2) is 4.99 Å². The van der Waals surface area contributed by atoms with Crippen LogP contribution in [0.1, 0.15) is 48.0 Å². The van der Waals surface area contributed by atoms with Gasteiger partial charge in [0.15, 0.2) is 5.96 Å². The minimum absolute atomic E-state index is 0.283. The standard InChI is InChI=1S/C17H37N3O2/c1-7-18-17(20-11-12-21-13-14(3)4)19-10-9-16(15(5)6)22-8-2/h14-16H,7-13H2,1-6H3,(H2,18,19,20). The van der Waals surface area contributed by atoms with E-state index in [2.05, 4.69) is 50.2 Å². The summed E-state index contributed by atoms with van der Waals surface area (Å²) in [4.78, 5) is 4.61. The van der Waals surface area contributed by atoms with Gasteiger partial charge in [0.2, 0.25) is 0 Å². The first-order valence-electron chi connectivity index (χ1n) is 8.72. The molecule has 132 valence electrons. The lowest BCUT2D eigenvalue weighted by Gasteiger charge is -2.20. The highest BCUT2D eigenvalue weighted by molar-refractivity contribution is 5.79. The molecule has 0 heterocycles. The van der Waals surface area contributed by atoms with E-state index in [4.69, 9.17) is 9.47 Å². The van der Waals surface area contributed by atoms with Crippen molar-refractivity contribution in [2.24, 2.45) is 16.8 Å². The molecular weight excluding hydrogens is 278 g/mol. The molecule has 0 aliphatic heterocycles. The minimum atomic E-state index is 0.283. The normalized spacial score (nSPS) is 13.7. The highest BCUT2D eigenvalue weighted by Gasteiger charge is 2.12. The average Bonchev–Trinajstić information content (AvgIpc) is 2.45. The molecule has 0 aliphatic carbocycles. The number of guanidine groups is 1. The molecule has 0 bridgehead atoms. The molecule has 5 heteroatoms. The van der Waals surface area contributed by atoms with Crippen LogP contribution < -0.4 is 10.6 Å². The summed E-state index contributed by atoms with van der Waals surface area (Å²) in [6.07, 6.45) is 1.23. The number of nitrogens with zero attached hydrogens (tertiary/aromatic N) is 1. The maximum absolute atomic E-state index is 5.75. The van der Waals surface area contributed by atoms with E-state index in [1.807, 2.05) is 6.92 Å². The van der Waals surface area contributed by atoms with Gasteiger partial charge in [-0.25, -0.2) is 0 Å². The van der Waals surface area contributed by atoms with Gasteiger partial charge in [0, 0.05) is 32.8 Å². The van der Waals surface area contributed by atoms with Crippen molar-refractivity contribution in [2.45, 2.75) is 54.1 Å². The van der Waals surface area contributed by atoms with E-state index < -0.39 is 0 Å². The van der Waals surface area contributed by atoms with Crippen LogP contribution in [0.4, 0.5) is 0 Å². The Kier molecular flexibility index (Phi) is 13.3. The summed E-state index contributed by atoms with van der Waals surface area (Å²) in [6.45, 7) is 17.5. The van der Waals surface area contributed by atoms with Crippen LogP contribution in [0.3, 0.4) is 0 Å². The van der Waals surface area contributed by atoms with Crippen molar-refractivity contribution < 1.29 is 9.47 Å². The molecular formula is C17H37N3O2. The van der Waals surface area contributed by atoms with Gasteiger partial charge < -0.3 is 20.1 Å². The fourth-order valence-electron chi connectivity index (χ4n) is 2.03. The summed E-state index contributed by atoms with van der Waals surface area (Å²) in [5.41, 5.74) is 0. The van der Waals surface area contributed by atoms with Crippen LogP contribution in [0, 0.1) is 11.8 Å². The van der Waals surface area contributed by atoms with Gasteiger partial charge in [0.25, 0.3) is 0 Å². The molecule has 0 aromatic rings. The SMILES string of the molecule is CCNC(=NCCC(OCC)C(C)C)NCCOCC(C)C. The van der Waals surface area contributed by atoms with Gasteiger partial charge in [-0.2, -0.15) is 0 Å². The van der Waals surface area contributed by atoms with Crippen LogP contribution in [-0.2, 0) is 9.47 Å². The molecule has 0 aromatic carbocycles. The zero-order valence-electron chi connectivity index (χ0n) is 15.4. The van der Waals surface area contributed by atoms with Crippen molar-refractivity contribution in [3.05, 3.63) is 0 Å². The largest absolute Gasteiger partial charge is 0.379 e. The molecule has 0 amide bonds. The van der Waals surface area contributed by atoms with E-state index >= 15 is 0 Å². The van der Waals surface area contributed by atoms with Crippen LogP contribution in [0.25, 0.3) is 0 Å². The number of rotatable bonds is 12. The molecule has 1 unspecified atom stereocenters. The lowest BCUT2D eigenvalue weighted by Crippen LogP contribution is -2.39. The van der Waals surface area contributed by atoms with Crippen LogP contribution in [0.5, 0.6) is 0 Å². The Balaban J connectivity index is 4.08. The highest BCUT2D eigenvalue weighted by atomic mass is 16.5. The molecule has 1 atom stereocenters. The van der Waals surface area contributed by atoms with Crippen molar-refractivity contribution in [2.75, 3.05) is 39.5 Å². The van der Waals surface area contributed by atoms with Gasteiger partial charge in [-0.15, -0.1) is 0 Å². The zero-order chi connectivity index (χ0) is 16.8. The van der Waals surface area contributed by atoms with Crippen LogP contribution in [0.2, 0.25) is 0 Å². The molecule has 0 spiro atoms. The number of hydrogen-bond donors (Lipinski definition) is 2. The maximum atomic E-state index is 5.75. The third-order valence-electron chi connectivity index (χ3n) is 3.14. The van der Waals surface area contributed by atoms with Gasteiger partial charge in [0.1, 0.15) is 0 Å². The topological polar surface area (TPSA) is 54.9 Å². The molecule has 0 radical (unpaired) electrons. The predicted octanol–water partition coefficient (Wildman–Crippen LogP) is 2.67. The molecule has 22 heavy (non-hydrogen) atoms. The van der Waals surface area contributed by atoms with E-state index in [9.17, 15) is 0 Å². The molecule has 0 saturated heterocycles. The van der Waals surface area contributed by atoms with Crippen molar-refractivity contribution in [3.8, 4) is 0 Å². The predicted molar refractivity (Wildman–Crippen MR) is 94.5 cm³/mol. The Morgan fingerprint density at radius 2 is 1.82 bits per heavy atom. The quantitative estimate of drug-likeness (QED) is 0.330. The van der Waals surface area contributed by atoms with Crippen molar-refractivity contribution >= 4 is 5.96 Å². The summed E-state index contributed by atoms with van der Waals surface area (Å²) in [6, 6.07) is 0. The van der Waals surface area contributed by atoms with Gasteiger partial charge in [-0.05, 0) is 32.1 Å². The minimum Gasteiger partial charge on any atom is -0.379 e. The smallest absolute Gasteiger partial charge is 0.191 e.